The molecule has 1 N–H and O–H groups in total. The Labute approximate surface area is 209 Å². The predicted octanol–water partition coefficient (Wildman–Crippen LogP) is 3.30. The standard InChI is InChI=1S/C27H28FN5O3/c28-21-3-1-2-19(14-21)15-26(34)32-12-9-25(10-13-32)36-24-6-4-22(5-7-24)31-27(35)20-17-33(18-20)23-8-11-29-30-16-23/h1-8,11,14,16,20,25H,9-10,12-13,15,17-18H2,(H,31,35). The number of piperidine rings is 1. The van der Waals surface area contributed by atoms with E-state index < -0.39 is 0 Å². The van der Waals surface area contributed by atoms with Crippen molar-refractivity contribution < 1.29 is 18.7 Å². The Morgan fingerprint density at radius 1 is 1.03 bits per heavy atom. The molecule has 0 atom stereocenters. The summed E-state index contributed by atoms with van der Waals surface area (Å²) >= 11 is 0. The number of anilines is 2. The van der Waals surface area contributed by atoms with Gasteiger partial charge in [0, 0.05) is 44.7 Å². The van der Waals surface area contributed by atoms with Crippen LogP contribution in [0.15, 0.2) is 67.0 Å². The molecule has 186 valence electrons. The third kappa shape index (κ3) is 5.79. The minimum absolute atomic E-state index is 0.00258. The number of benzene rings is 2. The zero-order valence-corrected chi connectivity index (χ0v) is 19.8. The number of likely N-dealkylation sites (tertiary alicyclic amines) is 1. The summed E-state index contributed by atoms with van der Waals surface area (Å²) < 4.78 is 19.5. The van der Waals surface area contributed by atoms with Gasteiger partial charge < -0.3 is 19.9 Å². The topological polar surface area (TPSA) is 87.7 Å². The number of hydrogen-bond donors (Lipinski definition) is 1. The maximum Gasteiger partial charge on any atom is 0.231 e. The van der Waals surface area contributed by atoms with E-state index in [2.05, 4.69) is 20.4 Å². The lowest BCUT2D eigenvalue weighted by Gasteiger charge is -2.39. The number of nitrogens with one attached hydrogen (secondary N) is 1. The van der Waals surface area contributed by atoms with E-state index in [0.717, 1.165) is 30.0 Å². The monoisotopic (exact) mass is 489 g/mol. The van der Waals surface area contributed by atoms with E-state index in [1.54, 1.807) is 24.5 Å². The molecule has 2 saturated heterocycles. The van der Waals surface area contributed by atoms with Gasteiger partial charge in [0.05, 0.1) is 30.4 Å². The minimum atomic E-state index is -0.327. The normalized spacial score (nSPS) is 16.4. The molecule has 0 spiro atoms. The van der Waals surface area contributed by atoms with Gasteiger partial charge in [-0.1, -0.05) is 12.1 Å². The van der Waals surface area contributed by atoms with Crippen molar-refractivity contribution in [1.29, 1.82) is 0 Å². The second kappa shape index (κ2) is 10.7. The molecule has 2 aliphatic heterocycles. The first kappa shape index (κ1) is 23.7. The van der Waals surface area contributed by atoms with Crippen LogP contribution in [-0.2, 0) is 16.0 Å². The Bertz CT molecular complexity index is 1190. The van der Waals surface area contributed by atoms with E-state index in [1.165, 1.54) is 12.1 Å². The third-order valence-corrected chi connectivity index (χ3v) is 6.65. The smallest absolute Gasteiger partial charge is 0.231 e. The second-order valence-electron chi connectivity index (χ2n) is 9.22. The van der Waals surface area contributed by atoms with Gasteiger partial charge in [-0.3, -0.25) is 9.59 Å². The Morgan fingerprint density at radius 2 is 1.81 bits per heavy atom. The van der Waals surface area contributed by atoms with Crippen molar-refractivity contribution >= 4 is 23.2 Å². The first-order valence-corrected chi connectivity index (χ1v) is 12.1. The lowest BCUT2D eigenvalue weighted by atomic mass is 9.98. The summed E-state index contributed by atoms with van der Waals surface area (Å²) in [5, 5.41) is 10.6. The molecule has 9 heteroatoms. The summed E-state index contributed by atoms with van der Waals surface area (Å²) in [4.78, 5) is 29.0. The van der Waals surface area contributed by atoms with Crippen LogP contribution in [0.5, 0.6) is 5.75 Å². The first-order valence-electron chi connectivity index (χ1n) is 12.1. The molecule has 0 unspecified atom stereocenters. The molecule has 2 aliphatic rings. The zero-order valence-electron chi connectivity index (χ0n) is 19.8. The summed E-state index contributed by atoms with van der Waals surface area (Å²) in [7, 11) is 0. The van der Waals surface area contributed by atoms with Crippen LogP contribution in [0, 0.1) is 11.7 Å². The van der Waals surface area contributed by atoms with Crippen LogP contribution in [-0.4, -0.2) is 59.2 Å². The third-order valence-electron chi connectivity index (χ3n) is 6.65. The summed E-state index contributed by atoms with van der Waals surface area (Å²) in [6.07, 6.45) is 5.03. The van der Waals surface area contributed by atoms with E-state index in [1.807, 2.05) is 35.2 Å². The number of rotatable bonds is 7. The highest BCUT2D eigenvalue weighted by Gasteiger charge is 2.33. The van der Waals surface area contributed by atoms with Gasteiger partial charge in [-0.2, -0.15) is 10.2 Å². The summed E-state index contributed by atoms with van der Waals surface area (Å²) in [5.41, 5.74) is 2.39. The van der Waals surface area contributed by atoms with Crippen molar-refractivity contribution in [3.8, 4) is 5.75 Å². The Hall–Kier alpha value is -4.01. The summed E-state index contributed by atoms with van der Waals surface area (Å²) in [6.45, 7) is 2.53. The number of aromatic nitrogens is 2. The molecule has 0 radical (unpaired) electrons. The fraction of sp³-hybridized carbons (Fsp3) is 0.333. The van der Waals surface area contributed by atoms with Gasteiger partial charge >= 0.3 is 0 Å². The molecule has 36 heavy (non-hydrogen) atoms. The number of halogens is 1. The SMILES string of the molecule is O=C(Nc1ccc(OC2CCN(C(=O)Cc3cccc(F)c3)CC2)cc1)C1CN(c2ccnnc2)C1. The highest BCUT2D eigenvalue weighted by molar-refractivity contribution is 5.94. The number of hydrogen-bond acceptors (Lipinski definition) is 6. The van der Waals surface area contributed by atoms with Crippen LogP contribution in [0.25, 0.3) is 0 Å². The van der Waals surface area contributed by atoms with Crippen molar-refractivity contribution in [3.05, 3.63) is 78.4 Å². The van der Waals surface area contributed by atoms with E-state index >= 15 is 0 Å². The molecule has 8 nitrogen and oxygen atoms in total. The summed E-state index contributed by atoms with van der Waals surface area (Å²) in [5.74, 6) is 0.343. The number of amides is 2. The van der Waals surface area contributed by atoms with E-state index in [9.17, 15) is 14.0 Å². The number of ether oxygens (including phenoxy) is 1. The molecule has 0 aliphatic carbocycles. The van der Waals surface area contributed by atoms with Crippen molar-refractivity contribution in [2.75, 3.05) is 36.4 Å². The van der Waals surface area contributed by atoms with Crippen molar-refractivity contribution in [2.24, 2.45) is 5.92 Å². The van der Waals surface area contributed by atoms with Crippen molar-refractivity contribution in [2.45, 2.75) is 25.4 Å². The van der Waals surface area contributed by atoms with E-state index in [-0.39, 0.29) is 36.1 Å². The van der Waals surface area contributed by atoms with Crippen molar-refractivity contribution in [3.63, 3.8) is 0 Å². The number of carbonyl (C=O) groups excluding carboxylic acids is 2. The molecule has 3 aromatic rings. The Morgan fingerprint density at radius 3 is 2.50 bits per heavy atom. The van der Waals surface area contributed by atoms with E-state index in [4.69, 9.17) is 4.74 Å². The molecule has 0 bridgehead atoms. The van der Waals surface area contributed by atoms with Gasteiger partial charge in [0.2, 0.25) is 11.8 Å². The lowest BCUT2D eigenvalue weighted by Crippen LogP contribution is -2.52. The van der Waals surface area contributed by atoms with Crippen LogP contribution in [0.1, 0.15) is 18.4 Å². The second-order valence-corrected chi connectivity index (χ2v) is 9.22. The average Bonchev–Trinajstić information content (AvgIpc) is 2.85. The fourth-order valence-corrected chi connectivity index (χ4v) is 4.54. The largest absolute Gasteiger partial charge is 0.490 e. The summed E-state index contributed by atoms with van der Waals surface area (Å²) in [6, 6.07) is 15.4. The van der Waals surface area contributed by atoms with Gasteiger partial charge in [0.15, 0.2) is 0 Å². The van der Waals surface area contributed by atoms with Crippen LogP contribution in [0.2, 0.25) is 0 Å². The van der Waals surface area contributed by atoms with Crippen LogP contribution >= 0.6 is 0 Å². The number of nitrogens with zero attached hydrogens (tertiary/aromatic N) is 4. The zero-order chi connectivity index (χ0) is 24.9. The van der Waals surface area contributed by atoms with Gasteiger partial charge in [-0.05, 0) is 48.0 Å². The van der Waals surface area contributed by atoms with E-state index in [0.29, 0.717) is 31.7 Å². The van der Waals surface area contributed by atoms with Gasteiger partial charge in [0.1, 0.15) is 17.7 Å². The first-order chi connectivity index (χ1) is 17.5. The highest BCUT2D eigenvalue weighted by atomic mass is 19.1. The van der Waals surface area contributed by atoms with Crippen LogP contribution in [0.3, 0.4) is 0 Å². The molecule has 1 aromatic heterocycles. The molecule has 2 fully saturated rings. The minimum Gasteiger partial charge on any atom is -0.490 e. The van der Waals surface area contributed by atoms with Crippen LogP contribution < -0.4 is 15.0 Å². The maximum absolute atomic E-state index is 13.4. The van der Waals surface area contributed by atoms with Gasteiger partial charge in [0.25, 0.3) is 0 Å². The molecular formula is C27H28FN5O3. The van der Waals surface area contributed by atoms with Gasteiger partial charge in [-0.25, -0.2) is 4.39 Å². The fourth-order valence-electron chi connectivity index (χ4n) is 4.54. The maximum atomic E-state index is 13.4. The lowest BCUT2D eigenvalue weighted by molar-refractivity contribution is -0.132. The Balaban J connectivity index is 1.04. The van der Waals surface area contributed by atoms with Crippen molar-refractivity contribution in [1.82, 2.24) is 15.1 Å². The highest BCUT2D eigenvalue weighted by Crippen LogP contribution is 2.26. The molecule has 0 saturated carbocycles. The molecule has 2 aromatic carbocycles. The molecule has 3 heterocycles. The quantitative estimate of drug-likeness (QED) is 0.548. The molecule has 5 rings (SSSR count). The average molecular weight is 490 g/mol. The predicted molar refractivity (Wildman–Crippen MR) is 133 cm³/mol. The van der Waals surface area contributed by atoms with Crippen LogP contribution in [0.4, 0.5) is 15.8 Å². The molecular weight excluding hydrogens is 461 g/mol. The Kier molecular flexibility index (Phi) is 7.06. The number of carbonyl (C=O) groups is 2. The molecule has 2 amide bonds. The van der Waals surface area contributed by atoms with Gasteiger partial charge in [-0.15, -0.1) is 0 Å².